The molecule has 2 nitrogen and oxygen atoms in total. The topological polar surface area (TPSA) is 22.0 Å². The molecule has 0 N–H and O–H groups in total. The van der Waals surface area contributed by atoms with Crippen LogP contribution in [-0.2, 0) is 0 Å². The average molecular weight is 280 g/mol. The van der Waals surface area contributed by atoms with Crippen LogP contribution in [0.15, 0.2) is 24.3 Å². The van der Waals surface area contributed by atoms with Gasteiger partial charge in [-0.25, -0.2) is 4.39 Å². The molecule has 0 saturated carbocycles. The van der Waals surface area contributed by atoms with Crippen molar-refractivity contribution in [2.24, 2.45) is 0 Å². The SMILES string of the molecule is Cc1ccc(-n2c(C)cc(C(=O)CCl)c2C)cc1F. The fourth-order valence-electron chi connectivity index (χ4n) is 2.24. The minimum atomic E-state index is -0.254. The molecule has 0 amide bonds. The first-order valence-corrected chi connectivity index (χ1v) is 6.53. The molecule has 0 saturated heterocycles. The van der Waals surface area contributed by atoms with Gasteiger partial charge in [-0.1, -0.05) is 6.07 Å². The molecule has 2 rings (SSSR count). The molecule has 19 heavy (non-hydrogen) atoms. The third kappa shape index (κ3) is 2.43. The van der Waals surface area contributed by atoms with Crippen molar-refractivity contribution in [1.29, 1.82) is 0 Å². The van der Waals surface area contributed by atoms with Gasteiger partial charge >= 0.3 is 0 Å². The van der Waals surface area contributed by atoms with E-state index in [2.05, 4.69) is 0 Å². The van der Waals surface area contributed by atoms with E-state index in [0.29, 0.717) is 16.8 Å². The average Bonchev–Trinajstić information content (AvgIpc) is 2.68. The maximum atomic E-state index is 13.7. The number of Topliss-reactive ketones (excluding diaryl/α,β-unsaturated/α-hetero) is 1. The van der Waals surface area contributed by atoms with Gasteiger partial charge in [-0.2, -0.15) is 0 Å². The molecule has 0 spiro atoms. The fraction of sp³-hybridized carbons (Fsp3) is 0.267. The molecule has 0 aliphatic heterocycles. The molecular weight excluding hydrogens is 265 g/mol. The molecule has 2 aromatic rings. The standard InChI is InChI=1S/C15H15ClFNO/c1-9-4-5-12(7-14(9)17)18-10(2)6-13(11(18)3)15(19)8-16/h4-7H,8H2,1-3H3. The molecule has 0 aliphatic rings. The molecule has 0 unspecified atom stereocenters. The van der Waals surface area contributed by atoms with E-state index in [4.69, 9.17) is 11.6 Å². The van der Waals surface area contributed by atoms with E-state index in [-0.39, 0.29) is 17.5 Å². The summed E-state index contributed by atoms with van der Waals surface area (Å²) in [4.78, 5) is 11.7. The van der Waals surface area contributed by atoms with E-state index in [1.807, 2.05) is 24.5 Å². The van der Waals surface area contributed by atoms with Crippen LogP contribution in [0.25, 0.3) is 5.69 Å². The van der Waals surface area contributed by atoms with Gasteiger partial charge in [0.2, 0.25) is 0 Å². The first-order valence-electron chi connectivity index (χ1n) is 6.00. The number of rotatable bonds is 3. The van der Waals surface area contributed by atoms with Crippen LogP contribution in [0.4, 0.5) is 4.39 Å². The first-order chi connectivity index (χ1) is 8.95. The van der Waals surface area contributed by atoms with Crippen molar-refractivity contribution in [3.05, 3.63) is 52.6 Å². The summed E-state index contributed by atoms with van der Waals surface area (Å²) in [5.41, 5.74) is 3.57. The Labute approximate surface area is 116 Å². The van der Waals surface area contributed by atoms with E-state index in [0.717, 1.165) is 11.4 Å². The minimum absolute atomic E-state index is 0.0491. The molecule has 0 fully saturated rings. The molecular formula is C15H15ClFNO. The Bertz CT molecular complexity index is 646. The Morgan fingerprint density at radius 2 is 1.95 bits per heavy atom. The Balaban J connectivity index is 2.59. The van der Waals surface area contributed by atoms with E-state index < -0.39 is 0 Å². The van der Waals surface area contributed by atoms with Crippen molar-refractivity contribution in [3.8, 4) is 5.69 Å². The molecule has 100 valence electrons. The van der Waals surface area contributed by atoms with E-state index in [1.54, 1.807) is 19.1 Å². The number of carbonyl (C=O) groups excluding carboxylic acids is 1. The lowest BCUT2D eigenvalue weighted by Gasteiger charge is -2.10. The molecule has 0 radical (unpaired) electrons. The molecule has 1 aromatic carbocycles. The minimum Gasteiger partial charge on any atom is -0.318 e. The highest BCUT2D eigenvalue weighted by Crippen LogP contribution is 2.23. The van der Waals surface area contributed by atoms with Gasteiger partial charge in [-0.15, -0.1) is 11.6 Å². The lowest BCUT2D eigenvalue weighted by Crippen LogP contribution is -2.04. The summed E-state index contributed by atoms with van der Waals surface area (Å²) >= 11 is 5.59. The van der Waals surface area contributed by atoms with Crippen LogP contribution in [0, 0.1) is 26.6 Å². The van der Waals surface area contributed by atoms with E-state index >= 15 is 0 Å². The fourth-order valence-corrected chi connectivity index (χ4v) is 2.38. The quantitative estimate of drug-likeness (QED) is 0.616. The van der Waals surface area contributed by atoms with E-state index in [1.165, 1.54) is 6.07 Å². The van der Waals surface area contributed by atoms with Gasteiger partial charge in [0.25, 0.3) is 0 Å². The van der Waals surface area contributed by atoms with Crippen LogP contribution >= 0.6 is 11.6 Å². The molecule has 0 atom stereocenters. The Morgan fingerprint density at radius 1 is 1.26 bits per heavy atom. The highest BCUT2D eigenvalue weighted by Gasteiger charge is 2.16. The van der Waals surface area contributed by atoms with Gasteiger partial charge in [0.05, 0.1) is 5.88 Å². The number of hydrogen-bond acceptors (Lipinski definition) is 1. The van der Waals surface area contributed by atoms with Crippen LogP contribution in [-0.4, -0.2) is 16.2 Å². The highest BCUT2D eigenvalue weighted by molar-refractivity contribution is 6.30. The highest BCUT2D eigenvalue weighted by atomic mass is 35.5. The molecule has 0 bridgehead atoms. The number of alkyl halides is 1. The predicted octanol–water partition coefficient (Wildman–Crippen LogP) is 3.96. The van der Waals surface area contributed by atoms with E-state index in [9.17, 15) is 9.18 Å². The second-order valence-corrected chi connectivity index (χ2v) is 4.88. The number of carbonyl (C=O) groups is 1. The second kappa shape index (κ2) is 5.17. The third-order valence-corrected chi connectivity index (χ3v) is 3.51. The zero-order valence-corrected chi connectivity index (χ0v) is 11.9. The Morgan fingerprint density at radius 3 is 2.53 bits per heavy atom. The molecule has 0 aliphatic carbocycles. The smallest absolute Gasteiger partial charge is 0.179 e. The first kappa shape index (κ1) is 13.8. The van der Waals surface area contributed by atoms with Crippen LogP contribution in [0.3, 0.4) is 0 Å². The maximum Gasteiger partial charge on any atom is 0.179 e. The Hall–Kier alpha value is -1.61. The van der Waals surface area contributed by atoms with Crippen LogP contribution in [0.1, 0.15) is 27.3 Å². The number of benzene rings is 1. The van der Waals surface area contributed by atoms with Crippen LogP contribution < -0.4 is 0 Å². The number of aryl methyl sites for hydroxylation is 2. The number of aromatic nitrogens is 1. The summed E-state index contributed by atoms with van der Waals surface area (Å²) in [6.45, 7) is 5.44. The van der Waals surface area contributed by atoms with Crippen molar-refractivity contribution in [2.75, 3.05) is 5.88 Å². The monoisotopic (exact) mass is 279 g/mol. The Kier molecular flexibility index (Phi) is 3.76. The largest absolute Gasteiger partial charge is 0.318 e. The van der Waals surface area contributed by atoms with Crippen molar-refractivity contribution in [3.63, 3.8) is 0 Å². The van der Waals surface area contributed by atoms with Gasteiger partial charge in [0.1, 0.15) is 5.82 Å². The summed E-state index contributed by atoms with van der Waals surface area (Å²) in [5.74, 6) is -0.421. The summed E-state index contributed by atoms with van der Waals surface area (Å²) < 4.78 is 15.5. The summed E-state index contributed by atoms with van der Waals surface area (Å²) in [6, 6.07) is 6.84. The van der Waals surface area contributed by atoms with Gasteiger partial charge < -0.3 is 4.57 Å². The normalized spacial score (nSPS) is 10.8. The van der Waals surface area contributed by atoms with Gasteiger partial charge in [0.15, 0.2) is 5.78 Å². The molecule has 1 heterocycles. The molecule has 4 heteroatoms. The summed E-state index contributed by atoms with van der Waals surface area (Å²) in [7, 11) is 0. The van der Waals surface area contributed by atoms with Gasteiger partial charge in [0, 0.05) is 22.6 Å². The second-order valence-electron chi connectivity index (χ2n) is 4.61. The van der Waals surface area contributed by atoms with Gasteiger partial charge in [-0.3, -0.25) is 4.79 Å². The molecule has 1 aromatic heterocycles. The van der Waals surface area contributed by atoms with Crippen molar-refractivity contribution in [2.45, 2.75) is 20.8 Å². The van der Waals surface area contributed by atoms with Gasteiger partial charge in [-0.05, 0) is 44.5 Å². The summed E-state index contributed by atoms with van der Waals surface area (Å²) in [6.07, 6.45) is 0. The zero-order chi connectivity index (χ0) is 14.2. The number of nitrogens with zero attached hydrogens (tertiary/aromatic N) is 1. The van der Waals surface area contributed by atoms with Crippen LogP contribution in [0.5, 0.6) is 0 Å². The number of ketones is 1. The third-order valence-electron chi connectivity index (χ3n) is 3.27. The predicted molar refractivity (Wildman–Crippen MR) is 75.0 cm³/mol. The zero-order valence-electron chi connectivity index (χ0n) is 11.1. The van der Waals surface area contributed by atoms with Crippen molar-refractivity contribution in [1.82, 2.24) is 4.57 Å². The van der Waals surface area contributed by atoms with Crippen molar-refractivity contribution < 1.29 is 9.18 Å². The maximum absolute atomic E-state index is 13.7. The lowest BCUT2D eigenvalue weighted by molar-refractivity contribution is 0.102. The number of halogens is 2. The van der Waals surface area contributed by atoms with Crippen molar-refractivity contribution >= 4 is 17.4 Å². The number of hydrogen-bond donors (Lipinski definition) is 0. The lowest BCUT2D eigenvalue weighted by atomic mass is 10.2. The van der Waals surface area contributed by atoms with Crippen LogP contribution in [0.2, 0.25) is 0 Å². The summed E-state index contributed by atoms with van der Waals surface area (Å²) in [5, 5.41) is 0.